The van der Waals surface area contributed by atoms with Crippen LogP contribution in [0.3, 0.4) is 0 Å². The minimum Gasteiger partial charge on any atom is -0.416 e. The minimum absolute atomic E-state index is 0.00660. The van der Waals surface area contributed by atoms with Gasteiger partial charge in [-0.15, -0.1) is 0 Å². The van der Waals surface area contributed by atoms with Gasteiger partial charge in [0.15, 0.2) is 20.3 Å². The summed E-state index contributed by atoms with van der Waals surface area (Å²) in [6.07, 6.45) is -1.12. The van der Waals surface area contributed by atoms with Gasteiger partial charge >= 0.3 is 0 Å². The molecular weight excluding hydrogens is 572 g/mol. The summed E-state index contributed by atoms with van der Waals surface area (Å²) >= 11 is 0. The number of aliphatic hydroxyl groups excluding tert-OH is 1. The fourth-order valence-corrected chi connectivity index (χ4v) is 5.51. The maximum Gasteiger partial charge on any atom is 0.267 e. The van der Waals surface area contributed by atoms with Crippen molar-refractivity contribution in [1.82, 2.24) is 10.3 Å². The summed E-state index contributed by atoms with van der Waals surface area (Å²) in [4.78, 5) is 38.8. The van der Waals surface area contributed by atoms with Crippen LogP contribution in [0.25, 0.3) is 0 Å². The molecule has 2 atom stereocenters. The Hall–Kier alpha value is -3.54. The molecule has 0 fully saturated rings. The first-order valence-electron chi connectivity index (χ1n) is 14.9. The van der Waals surface area contributed by atoms with E-state index in [1.807, 2.05) is 74.5 Å². The lowest BCUT2D eigenvalue weighted by molar-refractivity contribution is -0.143. The Labute approximate surface area is 261 Å². The predicted octanol–water partition coefficient (Wildman–Crippen LogP) is 5.29. The number of Topliss-reactive ketones (excluding diaryl/α,β-unsaturated/α-hetero) is 1. The number of aliphatic hydroxyl groups is 1. The van der Waals surface area contributed by atoms with E-state index in [4.69, 9.17) is 14.2 Å². The van der Waals surface area contributed by atoms with Crippen molar-refractivity contribution in [1.29, 1.82) is 0 Å². The third kappa shape index (κ3) is 7.94. The highest BCUT2D eigenvalue weighted by molar-refractivity contribution is 6.74. The van der Waals surface area contributed by atoms with Crippen LogP contribution in [0.1, 0.15) is 51.4 Å². The number of fused-ring (bicyclic) bond motifs is 1. The van der Waals surface area contributed by atoms with E-state index < -0.39 is 32.2 Å². The van der Waals surface area contributed by atoms with Crippen molar-refractivity contribution in [2.24, 2.45) is 10.4 Å². The first kappa shape index (κ1) is 33.4. The van der Waals surface area contributed by atoms with Crippen molar-refractivity contribution >= 4 is 31.4 Å². The fourth-order valence-electron chi connectivity index (χ4n) is 4.36. The van der Waals surface area contributed by atoms with Crippen LogP contribution in [0.15, 0.2) is 84.0 Å². The van der Waals surface area contributed by atoms with Gasteiger partial charge in [-0.1, -0.05) is 89.2 Å². The highest BCUT2D eigenvalue weighted by Gasteiger charge is 2.41. The predicted molar refractivity (Wildman–Crippen MR) is 175 cm³/mol. The lowest BCUT2D eigenvalue weighted by atomic mass is 9.88. The van der Waals surface area contributed by atoms with Gasteiger partial charge < -0.3 is 19.2 Å². The zero-order chi connectivity index (χ0) is 32.1. The quantitative estimate of drug-likeness (QED) is 0.210. The van der Waals surface area contributed by atoms with Crippen LogP contribution in [0.2, 0.25) is 18.1 Å². The second-order valence-electron chi connectivity index (χ2n) is 13.2. The van der Waals surface area contributed by atoms with Crippen molar-refractivity contribution in [3.05, 3.63) is 95.8 Å². The number of rotatable bonds is 12. The average Bonchev–Trinajstić information content (AvgIpc) is 3.10. The molecule has 234 valence electrons. The molecule has 4 rings (SSSR count). The van der Waals surface area contributed by atoms with E-state index in [0.717, 1.165) is 5.56 Å². The topological polar surface area (TPSA) is 113 Å². The number of hydrogen-bond acceptors (Lipinski definition) is 8. The number of nitrogens with one attached hydrogen (secondary N) is 1. The molecule has 10 heteroatoms. The average molecular weight is 617 g/mol. The second-order valence-corrected chi connectivity index (χ2v) is 18.0. The van der Waals surface area contributed by atoms with Crippen molar-refractivity contribution in [2.75, 3.05) is 18.1 Å². The number of pyridine rings is 1. The first-order valence-corrected chi connectivity index (χ1v) is 17.8. The summed E-state index contributed by atoms with van der Waals surface area (Å²) < 4.78 is 12.0. The Morgan fingerprint density at radius 2 is 1.66 bits per heavy atom. The number of benzene rings is 2. The number of carbonyl (C=O) groups excluding carboxylic acids is 2. The molecule has 1 aliphatic heterocycles. The highest BCUT2D eigenvalue weighted by Crippen LogP contribution is 2.38. The summed E-state index contributed by atoms with van der Waals surface area (Å²) in [6, 6.07) is 22.2. The van der Waals surface area contributed by atoms with Gasteiger partial charge in [0.1, 0.15) is 0 Å². The number of anilines is 1. The third-order valence-corrected chi connectivity index (χ3v) is 12.8. The summed E-state index contributed by atoms with van der Waals surface area (Å²) in [5, 5.41) is 13.6. The van der Waals surface area contributed by atoms with Gasteiger partial charge in [0.25, 0.3) is 5.91 Å². The van der Waals surface area contributed by atoms with Gasteiger partial charge in [0.2, 0.25) is 6.41 Å². The third-order valence-electron chi connectivity index (χ3n) is 8.32. The molecule has 0 aliphatic carbocycles. The summed E-state index contributed by atoms with van der Waals surface area (Å²) in [7, 11) is -2.11. The largest absolute Gasteiger partial charge is 0.416 e. The molecular formula is C34H44N4O5Si. The summed E-state index contributed by atoms with van der Waals surface area (Å²) in [6.45, 7) is 14.6. The van der Waals surface area contributed by atoms with Gasteiger partial charge in [-0.05, 0) is 41.9 Å². The molecule has 1 aliphatic rings. The smallest absolute Gasteiger partial charge is 0.267 e. The maximum atomic E-state index is 14.2. The van der Waals surface area contributed by atoms with Crippen molar-refractivity contribution < 1.29 is 23.9 Å². The Kier molecular flexibility index (Phi) is 10.3. The maximum absolute atomic E-state index is 14.2. The molecule has 3 aromatic rings. The van der Waals surface area contributed by atoms with Crippen molar-refractivity contribution in [3.63, 3.8) is 0 Å². The molecule has 2 unspecified atom stereocenters. The first-order chi connectivity index (χ1) is 20.7. The number of aromatic nitrogens is 1. The fraction of sp³-hybridized carbons (Fsp3) is 0.412. The van der Waals surface area contributed by atoms with Crippen LogP contribution in [-0.2, 0) is 25.4 Å². The number of carbonyl (C=O) groups is 2. The van der Waals surface area contributed by atoms with Gasteiger partial charge in [-0.3, -0.25) is 19.6 Å². The van der Waals surface area contributed by atoms with E-state index in [-0.39, 0.29) is 30.6 Å². The van der Waals surface area contributed by atoms with Crippen LogP contribution in [0.4, 0.5) is 5.69 Å². The number of amides is 1. The Morgan fingerprint density at radius 3 is 2.32 bits per heavy atom. The number of benzodiazepines with no additional fused rings is 1. The van der Waals surface area contributed by atoms with E-state index in [0.29, 0.717) is 22.7 Å². The molecule has 1 amide bonds. The van der Waals surface area contributed by atoms with Crippen LogP contribution < -0.4 is 10.2 Å². The van der Waals surface area contributed by atoms with Crippen molar-refractivity contribution in [3.8, 4) is 0 Å². The number of ether oxygens (including phenoxy) is 1. The van der Waals surface area contributed by atoms with Gasteiger partial charge in [0.05, 0.1) is 30.2 Å². The number of ketones is 1. The van der Waals surface area contributed by atoms with Crippen LogP contribution in [0, 0.1) is 5.41 Å². The number of aliphatic imine (C=N–C) groups is 1. The minimum atomic E-state index is -2.11. The summed E-state index contributed by atoms with van der Waals surface area (Å²) in [5.41, 5.74) is 2.18. The molecule has 2 N–H and O–H groups in total. The van der Waals surface area contributed by atoms with Gasteiger partial charge in [-0.2, -0.15) is 0 Å². The monoisotopic (exact) mass is 616 g/mol. The van der Waals surface area contributed by atoms with Gasteiger partial charge in [0, 0.05) is 23.8 Å². The van der Waals surface area contributed by atoms with E-state index in [2.05, 4.69) is 44.2 Å². The standard InChI is InChI=1S/C34H44N4O5Si/c1-33(2,3)44(6,7)43-23-34(4,5)28(39)21-38-27-19-12-11-17-25(27)29(26-18-13-14-20-35-26)36-30(31(38)40)37-32(41)42-22-24-15-9-8-10-16-24/h8-20,30,32,37,41H,21-23H2,1-7H3. The molecule has 9 nitrogen and oxygen atoms in total. The van der Waals surface area contributed by atoms with E-state index in [1.165, 1.54) is 4.90 Å². The molecule has 0 saturated heterocycles. The molecule has 0 saturated carbocycles. The molecule has 44 heavy (non-hydrogen) atoms. The zero-order valence-electron chi connectivity index (χ0n) is 26.7. The zero-order valence-corrected chi connectivity index (χ0v) is 27.7. The molecule has 0 spiro atoms. The van der Waals surface area contributed by atoms with Crippen LogP contribution in [0.5, 0.6) is 0 Å². The number of hydrogen-bond donors (Lipinski definition) is 2. The molecule has 2 heterocycles. The molecule has 1 aromatic heterocycles. The second kappa shape index (κ2) is 13.6. The Bertz CT molecular complexity index is 1470. The number of nitrogens with zero attached hydrogens (tertiary/aromatic N) is 3. The SMILES string of the molecule is CC(C)(CO[Si](C)(C)C(C)(C)C)C(=O)CN1C(=O)C(NC(O)OCc2ccccc2)N=C(c2ccccn2)c2ccccc21. The summed E-state index contributed by atoms with van der Waals surface area (Å²) in [5.74, 6) is -0.652. The highest BCUT2D eigenvalue weighted by atomic mass is 28.4. The number of para-hydroxylation sites is 1. The van der Waals surface area contributed by atoms with Crippen LogP contribution in [-0.4, -0.2) is 61.5 Å². The van der Waals surface area contributed by atoms with E-state index in [9.17, 15) is 14.7 Å². The van der Waals surface area contributed by atoms with E-state index in [1.54, 1.807) is 18.3 Å². The molecule has 0 radical (unpaired) electrons. The van der Waals surface area contributed by atoms with Crippen LogP contribution >= 0.6 is 0 Å². The Morgan fingerprint density at radius 1 is 1.00 bits per heavy atom. The molecule has 0 bridgehead atoms. The molecule has 2 aromatic carbocycles. The van der Waals surface area contributed by atoms with Crippen molar-refractivity contribution in [2.45, 2.75) is 71.9 Å². The lowest BCUT2D eigenvalue weighted by Gasteiger charge is -2.39. The lowest BCUT2D eigenvalue weighted by Crippen LogP contribution is -2.52. The van der Waals surface area contributed by atoms with Gasteiger partial charge in [-0.25, -0.2) is 5.32 Å². The Balaban J connectivity index is 1.64. The van der Waals surface area contributed by atoms with E-state index >= 15 is 0 Å². The normalized spacial score (nSPS) is 16.6.